The van der Waals surface area contributed by atoms with Gasteiger partial charge in [-0.3, -0.25) is 10.1 Å². The van der Waals surface area contributed by atoms with Gasteiger partial charge in [0.05, 0.1) is 21.3 Å². The quantitative estimate of drug-likeness (QED) is 0.644. The molecule has 8 heteroatoms. The number of urea groups is 1. The minimum atomic E-state index is -0.813. The van der Waals surface area contributed by atoms with E-state index in [1.54, 1.807) is 31.2 Å². The lowest BCUT2D eigenvalue weighted by molar-refractivity contribution is -0.120. The molecule has 8 nitrogen and oxygen atoms in total. The van der Waals surface area contributed by atoms with Crippen LogP contribution in [0.15, 0.2) is 42.5 Å². The van der Waals surface area contributed by atoms with Crippen LogP contribution in [0, 0.1) is 0 Å². The van der Waals surface area contributed by atoms with E-state index in [4.69, 9.17) is 14.2 Å². The Hall–Kier alpha value is -3.42. The van der Waals surface area contributed by atoms with Crippen molar-refractivity contribution in [1.82, 2.24) is 10.6 Å². The van der Waals surface area contributed by atoms with Gasteiger partial charge < -0.3 is 24.8 Å². The molecule has 0 spiro atoms. The van der Waals surface area contributed by atoms with Crippen molar-refractivity contribution in [3.63, 3.8) is 0 Å². The monoisotopic (exact) mass is 387 g/mol. The van der Waals surface area contributed by atoms with E-state index in [2.05, 4.69) is 16.0 Å². The summed E-state index contributed by atoms with van der Waals surface area (Å²) in [6.07, 6.45) is 0. The summed E-state index contributed by atoms with van der Waals surface area (Å²) in [6, 6.07) is 11.1. The predicted molar refractivity (Wildman–Crippen MR) is 106 cm³/mol. The van der Waals surface area contributed by atoms with E-state index in [0.29, 0.717) is 35.0 Å². The second-order valence-electron chi connectivity index (χ2n) is 5.75. The molecule has 0 unspecified atom stereocenters. The van der Waals surface area contributed by atoms with Gasteiger partial charge in [-0.05, 0) is 12.5 Å². The van der Waals surface area contributed by atoms with E-state index < -0.39 is 18.0 Å². The smallest absolute Gasteiger partial charge is 0.321 e. The number of amides is 3. The molecule has 28 heavy (non-hydrogen) atoms. The molecule has 3 amide bonds. The van der Waals surface area contributed by atoms with Gasteiger partial charge >= 0.3 is 6.03 Å². The molecule has 0 bridgehead atoms. The number of methoxy groups -OCH3 is 3. The molecule has 2 aromatic carbocycles. The highest BCUT2D eigenvalue weighted by molar-refractivity contribution is 5.98. The van der Waals surface area contributed by atoms with Crippen molar-refractivity contribution in [2.75, 3.05) is 33.2 Å². The molecule has 0 saturated carbocycles. The first-order valence-corrected chi connectivity index (χ1v) is 8.74. The number of nitrogens with one attached hydrogen (secondary N) is 3. The normalized spacial score (nSPS) is 11.1. The Morgan fingerprint density at radius 1 is 0.964 bits per heavy atom. The zero-order valence-electron chi connectivity index (χ0n) is 16.4. The molecule has 2 rings (SSSR count). The van der Waals surface area contributed by atoms with Crippen LogP contribution in [0.1, 0.15) is 18.5 Å². The Balaban J connectivity index is 2.37. The van der Waals surface area contributed by atoms with Gasteiger partial charge in [-0.15, -0.1) is 0 Å². The number of rotatable bonds is 8. The van der Waals surface area contributed by atoms with Gasteiger partial charge in [-0.2, -0.15) is 0 Å². The largest absolute Gasteiger partial charge is 0.493 e. The fourth-order valence-corrected chi connectivity index (χ4v) is 2.67. The van der Waals surface area contributed by atoms with E-state index in [1.807, 2.05) is 18.2 Å². The average molecular weight is 387 g/mol. The van der Waals surface area contributed by atoms with Crippen LogP contribution in [-0.4, -0.2) is 39.8 Å². The second kappa shape index (κ2) is 10.1. The number of carbonyl (C=O) groups is 2. The molecule has 0 heterocycles. The molecule has 0 radical (unpaired) electrons. The van der Waals surface area contributed by atoms with Crippen LogP contribution in [0.2, 0.25) is 0 Å². The van der Waals surface area contributed by atoms with Gasteiger partial charge in [0.25, 0.3) is 5.91 Å². The minimum Gasteiger partial charge on any atom is -0.493 e. The molecule has 0 saturated heterocycles. The van der Waals surface area contributed by atoms with Crippen LogP contribution >= 0.6 is 0 Å². The van der Waals surface area contributed by atoms with Crippen molar-refractivity contribution in [3.8, 4) is 17.2 Å². The molecule has 0 fully saturated rings. The number of ether oxygens (including phenoxy) is 3. The molecule has 0 aliphatic carbocycles. The number of hydrogen-bond donors (Lipinski definition) is 3. The lowest BCUT2D eigenvalue weighted by Crippen LogP contribution is -2.43. The van der Waals surface area contributed by atoms with E-state index in [9.17, 15) is 9.59 Å². The highest BCUT2D eigenvalue weighted by atomic mass is 16.5. The van der Waals surface area contributed by atoms with Crippen LogP contribution in [0.25, 0.3) is 0 Å². The minimum absolute atomic E-state index is 0.412. The maximum Gasteiger partial charge on any atom is 0.321 e. The predicted octanol–water partition coefficient (Wildman–Crippen LogP) is 2.71. The molecule has 0 aliphatic heterocycles. The van der Waals surface area contributed by atoms with Gasteiger partial charge in [0.1, 0.15) is 6.04 Å². The summed E-state index contributed by atoms with van der Waals surface area (Å²) in [6.45, 7) is 2.18. The zero-order valence-corrected chi connectivity index (χ0v) is 16.4. The summed E-state index contributed by atoms with van der Waals surface area (Å²) in [4.78, 5) is 24.5. The Bertz CT molecular complexity index is 786. The molecule has 1 atom stereocenters. The summed E-state index contributed by atoms with van der Waals surface area (Å²) in [5.41, 5.74) is 1.26. The molecule has 0 aromatic heterocycles. The number of imide groups is 1. The van der Waals surface area contributed by atoms with Gasteiger partial charge in [-0.25, -0.2) is 4.79 Å². The fraction of sp³-hybridized carbons (Fsp3) is 0.300. The van der Waals surface area contributed by atoms with Crippen molar-refractivity contribution in [2.24, 2.45) is 0 Å². The summed E-state index contributed by atoms with van der Waals surface area (Å²) >= 11 is 0. The van der Waals surface area contributed by atoms with Crippen molar-refractivity contribution in [1.29, 1.82) is 0 Å². The molecule has 2 aromatic rings. The third kappa shape index (κ3) is 5.06. The Labute approximate surface area is 164 Å². The summed E-state index contributed by atoms with van der Waals surface area (Å²) in [5, 5.41) is 8.02. The average Bonchev–Trinajstić information content (AvgIpc) is 2.71. The molecular formula is C20H25N3O5. The van der Waals surface area contributed by atoms with Gasteiger partial charge in [-0.1, -0.05) is 30.3 Å². The number of carbonyl (C=O) groups excluding carboxylic acids is 2. The summed E-state index contributed by atoms with van der Waals surface area (Å²) < 4.78 is 16.0. The van der Waals surface area contributed by atoms with Crippen LogP contribution in [-0.2, 0) is 4.79 Å². The Kier molecular flexibility index (Phi) is 7.50. The molecule has 0 aliphatic rings. The van der Waals surface area contributed by atoms with Crippen molar-refractivity contribution in [3.05, 3.63) is 48.0 Å². The topological polar surface area (TPSA) is 97.9 Å². The second-order valence-corrected chi connectivity index (χ2v) is 5.75. The van der Waals surface area contributed by atoms with Crippen LogP contribution in [0.5, 0.6) is 17.2 Å². The first-order valence-electron chi connectivity index (χ1n) is 8.74. The van der Waals surface area contributed by atoms with E-state index in [1.165, 1.54) is 21.3 Å². The van der Waals surface area contributed by atoms with E-state index in [-0.39, 0.29) is 0 Å². The van der Waals surface area contributed by atoms with Crippen LogP contribution in [0.3, 0.4) is 0 Å². The van der Waals surface area contributed by atoms with E-state index in [0.717, 1.165) is 0 Å². The molecule has 150 valence electrons. The first-order chi connectivity index (χ1) is 13.5. The Morgan fingerprint density at radius 3 is 2.07 bits per heavy atom. The van der Waals surface area contributed by atoms with Crippen molar-refractivity contribution in [2.45, 2.75) is 13.0 Å². The summed E-state index contributed by atoms with van der Waals surface area (Å²) in [5.74, 6) is 0.838. The third-order valence-electron chi connectivity index (χ3n) is 3.94. The number of hydrogen-bond acceptors (Lipinski definition) is 6. The van der Waals surface area contributed by atoms with Crippen molar-refractivity contribution >= 4 is 17.6 Å². The van der Waals surface area contributed by atoms with Gasteiger partial charge in [0.15, 0.2) is 11.5 Å². The maximum atomic E-state index is 12.7. The maximum absolute atomic E-state index is 12.7. The lowest BCUT2D eigenvalue weighted by Gasteiger charge is -2.21. The molecule has 3 N–H and O–H groups in total. The fourth-order valence-electron chi connectivity index (χ4n) is 2.67. The Morgan fingerprint density at radius 2 is 1.57 bits per heavy atom. The van der Waals surface area contributed by atoms with Crippen LogP contribution in [0.4, 0.5) is 10.5 Å². The van der Waals surface area contributed by atoms with E-state index >= 15 is 0 Å². The highest BCUT2D eigenvalue weighted by Gasteiger charge is 2.23. The van der Waals surface area contributed by atoms with Crippen LogP contribution < -0.4 is 30.2 Å². The van der Waals surface area contributed by atoms with Gasteiger partial charge in [0, 0.05) is 24.4 Å². The first kappa shape index (κ1) is 20.9. The highest BCUT2D eigenvalue weighted by Crippen LogP contribution is 2.40. The van der Waals surface area contributed by atoms with Gasteiger partial charge in [0.2, 0.25) is 5.75 Å². The number of anilines is 1. The van der Waals surface area contributed by atoms with Crippen molar-refractivity contribution < 1.29 is 23.8 Å². The summed E-state index contributed by atoms with van der Waals surface area (Å²) in [7, 11) is 4.54. The SMILES string of the molecule is CCNC(=O)NC(=O)[C@@H](Nc1cc(OC)c(OC)c(OC)c1)c1ccccc1. The lowest BCUT2D eigenvalue weighted by atomic mass is 10.1. The molecular weight excluding hydrogens is 362 g/mol. The standard InChI is InChI=1S/C20H25N3O5/c1-5-21-20(25)23-19(24)17(13-9-7-6-8-10-13)22-14-11-15(26-2)18(28-4)16(12-14)27-3/h6-12,17,22H,5H2,1-4H3,(H2,21,23,24,25)/t17-/m0/s1. The zero-order chi connectivity index (χ0) is 20.5. The number of benzene rings is 2. The third-order valence-corrected chi connectivity index (χ3v) is 3.94.